The number of aromatic nitrogens is 3. The van der Waals surface area contributed by atoms with Crippen LogP contribution >= 0.6 is 0 Å². The summed E-state index contributed by atoms with van der Waals surface area (Å²) in [7, 11) is 0. The minimum Gasteiger partial charge on any atom is -0.481 e. The number of fused-ring (bicyclic) bond motifs is 1. The zero-order valence-electron chi connectivity index (χ0n) is 15.1. The van der Waals surface area contributed by atoms with Crippen molar-refractivity contribution in [1.29, 1.82) is 0 Å². The molecule has 0 spiro atoms. The van der Waals surface area contributed by atoms with Crippen molar-refractivity contribution < 1.29 is 19.8 Å². The van der Waals surface area contributed by atoms with E-state index < -0.39 is 17.5 Å². The smallest absolute Gasteiger partial charge is 0.314 e. The lowest BCUT2D eigenvalue weighted by molar-refractivity contribution is -0.161. The highest BCUT2D eigenvalue weighted by Crippen LogP contribution is 2.35. The number of aliphatic hydroxyl groups excluding tert-OH is 1. The van der Waals surface area contributed by atoms with E-state index >= 15 is 0 Å². The van der Waals surface area contributed by atoms with Gasteiger partial charge in [0.1, 0.15) is 11.1 Å². The molecule has 2 aromatic heterocycles. The molecule has 0 bridgehead atoms. The van der Waals surface area contributed by atoms with Gasteiger partial charge in [-0.15, -0.1) is 0 Å². The van der Waals surface area contributed by atoms with Crippen LogP contribution in [0.2, 0.25) is 0 Å². The molecule has 2 atom stereocenters. The van der Waals surface area contributed by atoms with Crippen molar-refractivity contribution in [2.75, 3.05) is 13.1 Å². The fourth-order valence-corrected chi connectivity index (χ4v) is 3.78. The maximum atomic E-state index is 13.0. The summed E-state index contributed by atoms with van der Waals surface area (Å²) < 4.78 is 0. The number of aromatic amines is 1. The van der Waals surface area contributed by atoms with E-state index in [-0.39, 0.29) is 37.5 Å². The number of aliphatic hydroxyl groups is 1. The number of piperidine rings is 1. The summed E-state index contributed by atoms with van der Waals surface area (Å²) in [4.78, 5) is 31.0. The molecule has 28 heavy (non-hydrogen) atoms. The van der Waals surface area contributed by atoms with Gasteiger partial charge in [-0.3, -0.25) is 14.7 Å². The number of hydrogen-bond donors (Lipinski definition) is 3. The maximum Gasteiger partial charge on any atom is 0.314 e. The number of H-pyrrole nitrogens is 1. The largest absolute Gasteiger partial charge is 0.481 e. The summed E-state index contributed by atoms with van der Waals surface area (Å²) in [6, 6.07) is 12.5. The Kier molecular flexibility index (Phi) is 4.56. The van der Waals surface area contributed by atoms with Crippen LogP contribution in [0.3, 0.4) is 0 Å². The minimum atomic E-state index is -1.46. The molecule has 8 nitrogen and oxygen atoms in total. The first-order valence-corrected chi connectivity index (χ1v) is 9.04. The Morgan fingerprint density at radius 1 is 1.21 bits per heavy atom. The predicted molar refractivity (Wildman–Crippen MR) is 101 cm³/mol. The van der Waals surface area contributed by atoms with Crippen LogP contribution < -0.4 is 0 Å². The first kappa shape index (κ1) is 18.1. The third-order valence-corrected chi connectivity index (χ3v) is 5.38. The zero-order chi connectivity index (χ0) is 19.7. The van der Waals surface area contributed by atoms with Gasteiger partial charge < -0.3 is 15.1 Å². The van der Waals surface area contributed by atoms with Crippen LogP contribution in [0.4, 0.5) is 0 Å². The van der Waals surface area contributed by atoms with Gasteiger partial charge in [0.2, 0.25) is 0 Å². The molecule has 0 unspecified atom stereocenters. The Labute approximate surface area is 160 Å². The molecule has 1 aliphatic heterocycles. The molecular weight excluding hydrogens is 360 g/mol. The van der Waals surface area contributed by atoms with Crippen LogP contribution in [0.1, 0.15) is 22.5 Å². The third-order valence-electron chi connectivity index (χ3n) is 5.38. The summed E-state index contributed by atoms with van der Waals surface area (Å²) in [5, 5.41) is 28.0. The zero-order valence-corrected chi connectivity index (χ0v) is 15.1. The monoisotopic (exact) mass is 380 g/mol. The van der Waals surface area contributed by atoms with Gasteiger partial charge in [0, 0.05) is 18.5 Å². The number of benzene rings is 1. The second-order valence-electron chi connectivity index (χ2n) is 7.16. The Morgan fingerprint density at radius 2 is 2.00 bits per heavy atom. The van der Waals surface area contributed by atoms with E-state index in [1.54, 1.807) is 18.3 Å². The molecular formula is C20H20N4O4. The average molecular weight is 380 g/mol. The molecule has 1 amide bonds. The van der Waals surface area contributed by atoms with E-state index in [2.05, 4.69) is 15.2 Å². The summed E-state index contributed by atoms with van der Waals surface area (Å²) in [5.41, 5.74) is 0.0481. The van der Waals surface area contributed by atoms with Gasteiger partial charge in [-0.1, -0.05) is 30.3 Å². The molecule has 0 radical (unpaired) electrons. The maximum absolute atomic E-state index is 13.0. The van der Waals surface area contributed by atoms with Crippen molar-refractivity contribution in [3.63, 3.8) is 0 Å². The van der Waals surface area contributed by atoms with Gasteiger partial charge in [0.25, 0.3) is 5.91 Å². The van der Waals surface area contributed by atoms with Crippen LogP contribution in [0.15, 0.2) is 48.7 Å². The number of rotatable bonds is 4. The van der Waals surface area contributed by atoms with Crippen molar-refractivity contribution in [2.24, 2.45) is 5.41 Å². The number of carboxylic acid groups (broad SMARTS) is 1. The molecule has 0 aliphatic carbocycles. The van der Waals surface area contributed by atoms with E-state index in [4.69, 9.17) is 0 Å². The van der Waals surface area contributed by atoms with E-state index in [0.717, 1.165) is 10.9 Å². The van der Waals surface area contributed by atoms with E-state index in [1.165, 1.54) is 4.90 Å². The lowest BCUT2D eigenvalue weighted by atomic mass is 9.72. The predicted octanol–water partition coefficient (Wildman–Crippen LogP) is 1.48. The summed E-state index contributed by atoms with van der Waals surface area (Å²) in [6.45, 7) is 0.187. The van der Waals surface area contributed by atoms with Crippen molar-refractivity contribution in [3.8, 4) is 0 Å². The summed E-state index contributed by atoms with van der Waals surface area (Å²) in [5.74, 6) is -1.47. The standard InChI is InChI=1S/C20H20N4O4/c25-16-8-9-24(18(26)15-7-6-14-11-21-23-17(14)22-15)12-20(16,19(27)28)10-13-4-2-1-3-5-13/h1-7,11,16,25H,8-10,12H2,(H,27,28)(H,21,22,23)/t16-,20-/m1/s1. The second-order valence-corrected chi connectivity index (χ2v) is 7.16. The quantitative estimate of drug-likeness (QED) is 0.631. The molecule has 1 aromatic carbocycles. The van der Waals surface area contributed by atoms with E-state index in [9.17, 15) is 19.8 Å². The Balaban J connectivity index is 1.63. The molecule has 4 rings (SSSR count). The lowest BCUT2D eigenvalue weighted by Gasteiger charge is -2.43. The number of pyridine rings is 1. The molecule has 8 heteroatoms. The highest BCUT2D eigenvalue weighted by Gasteiger charge is 2.50. The molecule has 1 fully saturated rings. The molecule has 144 valence electrons. The molecule has 3 heterocycles. The fourth-order valence-electron chi connectivity index (χ4n) is 3.78. The van der Waals surface area contributed by atoms with Crippen LogP contribution in [0, 0.1) is 5.41 Å². The highest BCUT2D eigenvalue weighted by molar-refractivity contribution is 5.95. The number of amides is 1. The first-order chi connectivity index (χ1) is 13.5. The van der Waals surface area contributed by atoms with Gasteiger partial charge in [0.15, 0.2) is 5.65 Å². The normalized spacial score (nSPS) is 22.3. The topological polar surface area (TPSA) is 119 Å². The number of carboxylic acids is 1. The van der Waals surface area contributed by atoms with Gasteiger partial charge in [-0.2, -0.15) is 5.10 Å². The molecule has 0 saturated carbocycles. The number of likely N-dealkylation sites (tertiary alicyclic amines) is 1. The number of nitrogens with one attached hydrogen (secondary N) is 1. The van der Waals surface area contributed by atoms with Crippen LogP contribution in [0.25, 0.3) is 11.0 Å². The van der Waals surface area contributed by atoms with Crippen LogP contribution in [0.5, 0.6) is 0 Å². The number of carbonyl (C=O) groups excluding carboxylic acids is 1. The third kappa shape index (κ3) is 3.11. The van der Waals surface area contributed by atoms with E-state index in [1.807, 2.05) is 30.3 Å². The molecule has 1 aliphatic rings. The summed E-state index contributed by atoms with van der Waals surface area (Å²) in [6.07, 6.45) is 0.902. The van der Waals surface area contributed by atoms with Crippen LogP contribution in [-0.2, 0) is 11.2 Å². The summed E-state index contributed by atoms with van der Waals surface area (Å²) >= 11 is 0. The van der Waals surface area contributed by atoms with E-state index in [0.29, 0.717) is 5.65 Å². The van der Waals surface area contributed by atoms with Gasteiger partial charge in [0.05, 0.1) is 12.3 Å². The molecule has 1 saturated heterocycles. The fraction of sp³-hybridized carbons (Fsp3) is 0.300. The van der Waals surface area contributed by atoms with Gasteiger partial charge in [-0.25, -0.2) is 4.98 Å². The number of hydrogen-bond acceptors (Lipinski definition) is 5. The second kappa shape index (κ2) is 7.05. The van der Waals surface area contributed by atoms with Crippen molar-refractivity contribution in [2.45, 2.75) is 18.9 Å². The Bertz CT molecular complexity index is 1020. The minimum absolute atomic E-state index is 0.0834. The average Bonchev–Trinajstić information content (AvgIpc) is 3.17. The number of carbonyl (C=O) groups is 2. The highest BCUT2D eigenvalue weighted by atomic mass is 16.4. The Morgan fingerprint density at radius 3 is 2.75 bits per heavy atom. The molecule has 3 aromatic rings. The van der Waals surface area contributed by atoms with Crippen molar-refractivity contribution >= 4 is 22.9 Å². The van der Waals surface area contributed by atoms with Crippen molar-refractivity contribution in [1.82, 2.24) is 20.1 Å². The Hall–Kier alpha value is -3.26. The number of aliphatic carboxylic acids is 1. The SMILES string of the molecule is O=C(c1ccc2cn[nH]c2n1)N1CC[C@@H](O)[C@](Cc2ccccc2)(C(=O)O)C1. The molecule has 3 N–H and O–H groups in total. The van der Waals surface area contributed by atoms with Gasteiger partial charge >= 0.3 is 5.97 Å². The van der Waals surface area contributed by atoms with Gasteiger partial charge in [-0.05, 0) is 30.5 Å². The lowest BCUT2D eigenvalue weighted by Crippen LogP contribution is -2.58. The van der Waals surface area contributed by atoms with Crippen LogP contribution in [-0.4, -0.2) is 61.4 Å². The van der Waals surface area contributed by atoms with Crippen molar-refractivity contribution in [3.05, 3.63) is 59.9 Å². The first-order valence-electron chi connectivity index (χ1n) is 9.04. The number of nitrogens with zero attached hydrogens (tertiary/aromatic N) is 3.